The minimum atomic E-state index is -4.59. The number of nitrogens with one attached hydrogen (secondary N) is 1. The summed E-state index contributed by atoms with van der Waals surface area (Å²) in [6.45, 7) is 2.35. The van der Waals surface area contributed by atoms with Crippen LogP contribution in [0, 0.1) is 0 Å². The number of rotatable bonds is 7. The Labute approximate surface area is 211 Å². The average Bonchev–Trinajstić information content (AvgIpc) is 2.80. The number of carbonyl (C=O) groups excluding carboxylic acids is 1. The largest absolute Gasteiger partial charge is 0.399 e. The fourth-order valence-electron chi connectivity index (χ4n) is 3.83. The second-order valence-corrected chi connectivity index (χ2v) is 9.24. The highest BCUT2D eigenvalue weighted by Gasteiger charge is 2.40. The molecule has 4 nitrogen and oxygen atoms in total. The van der Waals surface area contributed by atoms with E-state index in [0.717, 1.165) is 32.0 Å². The van der Waals surface area contributed by atoms with Gasteiger partial charge < -0.3 is 15.3 Å². The number of nitrogens with zero attached hydrogens (tertiary/aromatic N) is 1. The van der Waals surface area contributed by atoms with Gasteiger partial charge in [-0.15, -0.1) is 0 Å². The quantitative estimate of drug-likeness (QED) is 0.416. The molecule has 34 heavy (non-hydrogen) atoms. The van der Waals surface area contributed by atoms with Gasteiger partial charge in [0, 0.05) is 31.2 Å². The van der Waals surface area contributed by atoms with Gasteiger partial charge in [-0.2, -0.15) is 13.2 Å². The molecule has 10 heteroatoms. The lowest BCUT2D eigenvalue weighted by molar-refractivity contribution is -0.139. The molecule has 1 aliphatic rings. The van der Waals surface area contributed by atoms with E-state index >= 15 is 0 Å². The van der Waals surface area contributed by atoms with Gasteiger partial charge in [0.05, 0.1) is 27.6 Å². The van der Waals surface area contributed by atoms with E-state index in [1.807, 2.05) is 0 Å². The Morgan fingerprint density at radius 3 is 2.32 bits per heavy atom. The molecule has 0 aliphatic carbocycles. The molecular formula is C24H24Cl3F3N2O2. The van der Waals surface area contributed by atoms with Gasteiger partial charge in [-0.05, 0) is 42.2 Å². The third-order valence-electron chi connectivity index (χ3n) is 5.75. The van der Waals surface area contributed by atoms with Crippen LogP contribution in [0.15, 0.2) is 42.5 Å². The molecule has 0 aromatic heterocycles. The molecule has 0 bridgehead atoms. The molecule has 1 fully saturated rings. The van der Waals surface area contributed by atoms with E-state index in [0.29, 0.717) is 17.7 Å². The molecule has 1 amide bonds. The molecule has 1 heterocycles. The molecule has 1 aliphatic heterocycles. The lowest BCUT2D eigenvalue weighted by Crippen LogP contribution is -2.45. The lowest BCUT2D eigenvalue weighted by Gasteiger charge is -2.31. The highest BCUT2D eigenvalue weighted by Crippen LogP contribution is 2.43. The highest BCUT2D eigenvalue weighted by atomic mass is 35.5. The van der Waals surface area contributed by atoms with Crippen LogP contribution in [0.1, 0.15) is 40.2 Å². The predicted molar refractivity (Wildman–Crippen MR) is 130 cm³/mol. The number of amides is 1. The summed E-state index contributed by atoms with van der Waals surface area (Å²) in [7, 11) is 0. The predicted octanol–water partition coefficient (Wildman–Crippen LogP) is 6.19. The standard InChI is InChI=1S/C24H24Cl3F3N2O2/c25-20-8-6-18(21(26)22(20)27)19(24(28,29)30)7-3-15-1-4-16(5-2-15)23(34)31-17-9-11-32(12-10-17)13-14-33/h1-8,17,19,33H,9-14H2,(H,31,34). The summed E-state index contributed by atoms with van der Waals surface area (Å²) < 4.78 is 41.2. The summed E-state index contributed by atoms with van der Waals surface area (Å²) in [5.41, 5.74) is 0.731. The van der Waals surface area contributed by atoms with E-state index in [1.54, 1.807) is 24.3 Å². The van der Waals surface area contributed by atoms with Crippen molar-refractivity contribution in [3.05, 3.63) is 74.2 Å². The first-order valence-electron chi connectivity index (χ1n) is 10.7. The van der Waals surface area contributed by atoms with Crippen LogP contribution in [0.2, 0.25) is 15.1 Å². The first-order chi connectivity index (χ1) is 16.1. The highest BCUT2D eigenvalue weighted by molar-refractivity contribution is 6.48. The van der Waals surface area contributed by atoms with Crippen LogP contribution in [-0.2, 0) is 0 Å². The van der Waals surface area contributed by atoms with Crippen LogP contribution in [0.25, 0.3) is 6.08 Å². The molecule has 2 N–H and O–H groups in total. The van der Waals surface area contributed by atoms with Gasteiger partial charge in [0.1, 0.15) is 0 Å². The van der Waals surface area contributed by atoms with E-state index in [1.165, 1.54) is 18.2 Å². The number of β-amino-alcohol motifs (C(OH)–C–C–N with tert-alkyl or cyclic N) is 1. The number of aliphatic hydroxyl groups is 1. The van der Waals surface area contributed by atoms with Crippen molar-refractivity contribution in [1.29, 1.82) is 0 Å². The molecule has 0 radical (unpaired) electrons. The van der Waals surface area contributed by atoms with Crippen LogP contribution in [0.5, 0.6) is 0 Å². The third-order valence-corrected chi connectivity index (χ3v) is 7.05. The molecule has 1 unspecified atom stereocenters. The molecule has 2 aromatic rings. The Morgan fingerprint density at radius 2 is 1.74 bits per heavy atom. The molecule has 0 saturated carbocycles. The Balaban J connectivity index is 1.67. The Hall–Kier alpha value is -1.77. The zero-order chi connectivity index (χ0) is 24.9. The van der Waals surface area contributed by atoms with Crippen molar-refractivity contribution < 1.29 is 23.1 Å². The van der Waals surface area contributed by atoms with E-state index in [4.69, 9.17) is 39.9 Å². The zero-order valence-corrected chi connectivity index (χ0v) is 20.4. The molecule has 0 spiro atoms. The molecule has 1 saturated heterocycles. The van der Waals surface area contributed by atoms with Gasteiger partial charge in [-0.25, -0.2) is 0 Å². The molecule has 2 aromatic carbocycles. The summed E-state index contributed by atoms with van der Waals surface area (Å²) in [6.07, 6.45) is -0.675. The van der Waals surface area contributed by atoms with Crippen LogP contribution < -0.4 is 5.32 Å². The maximum atomic E-state index is 13.7. The zero-order valence-electron chi connectivity index (χ0n) is 18.1. The minimum absolute atomic E-state index is 0.0468. The van der Waals surface area contributed by atoms with Gasteiger partial charge in [0.15, 0.2) is 0 Å². The van der Waals surface area contributed by atoms with Gasteiger partial charge in [-0.3, -0.25) is 4.79 Å². The molecule has 1 atom stereocenters. The maximum absolute atomic E-state index is 13.7. The number of benzene rings is 2. The summed E-state index contributed by atoms with van der Waals surface area (Å²) in [6, 6.07) is 8.85. The molecule has 184 valence electrons. The number of halogens is 6. The smallest absolute Gasteiger partial charge is 0.395 e. The number of likely N-dealkylation sites (tertiary alicyclic amines) is 1. The van der Waals surface area contributed by atoms with Gasteiger partial charge in [0.25, 0.3) is 5.91 Å². The van der Waals surface area contributed by atoms with Crippen molar-refractivity contribution in [3.63, 3.8) is 0 Å². The number of hydrogen-bond acceptors (Lipinski definition) is 3. The second kappa shape index (κ2) is 11.8. The Kier molecular flexibility index (Phi) is 9.29. The van der Waals surface area contributed by atoms with Crippen LogP contribution in [0.4, 0.5) is 13.2 Å². The van der Waals surface area contributed by atoms with E-state index in [-0.39, 0.29) is 39.2 Å². The Morgan fingerprint density at radius 1 is 1.09 bits per heavy atom. The fourth-order valence-corrected chi connectivity index (χ4v) is 4.49. The van der Waals surface area contributed by atoms with Crippen molar-refractivity contribution >= 4 is 46.8 Å². The maximum Gasteiger partial charge on any atom is 0.399 e. The van der Waals surface area contributed by atoms with Gasteiger partial charge in [0.2, 0.25) is 0 Å². The number of alkyl halides is 3. The van der Waals surface area contributed by atoms with Crippen molar-refractivity contribution in [3.8, 4) is 0 Å². The molecular weight excluding hydrogens is 512 g/mol. The van der Waals surface area contributed by atoms with Crippen molar-refractivity contribution in [2.45, 2.75) is 31.0 Å². The average molecular weight is 536 g/mol. The number of hydrogen-bond donors (Lipinski definition) is 2. The number of carbonyl (C=O) groups is 1. The summed E-state index contributed by atoms with van der Waals surface area (Å²) in [5, 5.41) is 11.7. The monoisotopic (exact) mass is 534 g/mol. The normalized spacial score (nSPS) is 16.7. The molecule has 3 rings (SSSR count). The lowest BCUT2D eigenvalue weighted by atomic mass is 9.96. The summed E-state index contributed by atoms with van der Waals surface area (Å²) in [5.74, 6) is -2.21. The first kappa shape index (κ1) is 26.8. The topological polar surface area (TPSA) is 52.6 Å². The van der Waals surface area contributed by atoms with Gasteiger partial charge in [-0.1, -0.05) is 65.2 Å². The van der Waals surface area contributed by atoms with Crippen molar-refractivity contribution in [2.75, 3.05) is 26.2 Å². The van der Waals surface area contributed by atoms with Crippen LogP contribution >= 0.6 is 34.8 Å². The second-order valence-electron chi connectivity index (χ2n) is 8.08. The SMILES string of the molecule is O=C(NC1CCN(CCO)CC1)c1ccc(C=CC(c2ccc(Cl)c(Cl)c2Cl)C(F)(F)F)cc1. The van der Waals surface area contributed by atoms with Crippen molar-refractivity contribution in [2.24, 2.45) is 0 Å². The number of piperidine rings is 1. The van der Waals surface area contributed by atoms with Crippen molar-refractivity contribution in [1.82, 2.24) is 10.2 Å². The summed E-state index contributed by atoms with van der Waals surface area (Å²) >= 11 is 17.8. The minimum Gasteiger partial charge on any atom is -0.395 e. The van der Waals surface area contributed by atoms with Gasteiger partial charge >= 0.3 is 6.18 Å². The third kappa shape index (κ3) is 6.89. The number of allylic oxidation sites excluding steroid dienone is 1. The van der Waals surface area contributed by atoms with E-state index in [9.17, 15) is 18.0 Å². The van der Waals surface area contributed by atoms with Crippen LogP contribution in [-0.4, -0.2) is 54.4 Å². The number of aliphatic hydroxyl groups excluding tert-OH is 1. The van der Waals surface area contributed by atoms with E-state index < -0.39 is 12.1 Å². The fraction of sp³-hybridized carbons (Fsp3) is 0.375. The van der Waals surface area contributed by atoms with Crippen LogP contribution in [0.3, 0.4) is 0 Å². The summed E-state index contributed by atoms with van der Waals surface area (Å²) in [4.78, 5) is 14.7. The Bertz CT molecular complexity index is 1020. The first-order valence-corrected chi connectivity index (χ1v) is 11.9. The van der Waals surface area contributed by atoms with E-state index in [2.05, 4.69) is 10.2 Å².